The van der Waals surface area contributed by atoms with Gasteiger partial charge >= 0.3 is 0 Å². The van der Waals surface area contributed by atoms with E-state index in [1.54, 1.807) is 12.1 Å². The van der Waals surface area contributed by atoms with Gasteiger partial charge in [0.05, 0.1) is 10.6 Å². The molecule has 0 N–H and O–H groups in total. The van der Waals surface area contributed by atoms with Gasteiger partial charge in [0.15, 0.2) is 6.10 Å². The lowest BCUT2D eigenvalue weighted by molar-refractivity contribution is -0.138. The fourth-order valence-corrected chi connectivity index (χ4v) is 5.47. The molecule has 0 aromatic heterocycles. The minimum atomic E-state index is -0.533. The zero-order chi connectivity index (χ0) is 23.4. The molecule has 2 aromatic carbocycles. The van der Waals surface area contributed by atoms with Gasteiger partial charge in [0.2, 0.25) is 0 Å². The highest BCUT2D eigenvalue weighted by molar-refractivity contribution is 6.33. The van der Waals surface area contributed by atoms with Crippen LogP contribution in [0.3, 0.4) is 0 Å². The fourth-order valence-electron chi connectivity index (χ4n) is 5.25. The summed E-state index contributed by atoms with van der Waals surface area (Å²) >= 11 is 6.26. The lowest BCUT2D eigenvalue weighted by Crippen LogP contribution is -2.50. The average molecular weight is 469 g/mol. The van der Waals surface area contributed by atoms with E-state index in [1.165, 1.54) is 0 Å². The van der Waals surface area contributed by atoms with Gasteiger partial charge in [-0.2, -0.15) is 0 Å². The Morgan fingerprint density at radius 3 is 2.48 bits per heavy atom. The lowest BCUT2D eigenvalue weighted by atomic mass is 9.73. The van der Waals surface area contributed by atoms with Gasteiger partial charge < -0.3 is 14.5 Å². The lowest BCUT2D eigenvalue weighted by Gasteiger charge is -2.44. The Balaban J connectivity index is 1.48. The molecular formula is C27H33ClN2O3. The van der Waals surface area contributed by atoms with Crippen LogP contribution < -0.4 is 4.74 Å². The van der Waals surface area contributed by atoms with Crippen LogP contribution in [0.5, 0.6) is 5.75 Å². The first-order chi connectivity index (χ1) is 15.9. The van der Waals surface area contributed by atoms with Gasteiger partial charge in [-0.1, -0.05) is 48.4 Å². The molecule has 2 aliphatic heterocycles. The Morgan fingerprint density at radius 2 is 1.73 bits per heavy atom. The predicted octanol–water partition coefficient (Wildman–Crippen LogP) is 5.21. The predicted molar refractivity (Wildman–Crippen MR) is 131 cm³/mol. The molecule has 33 heavy (non-hydrogen) atoms. The third-order valence-corrected chi connectivity index (χ3v) is 7.52. The molecule has 1 fully saturated rings. The Hall–Kier alpha value is -2.53. The van der Waals surface area contributed by atoms with Crippen molar-refractivity contribution in [2.24, 2.45) is 5.41 Å². The van der Waals surface area contributed by atoms with Gasteiger partial charge in [0.25, 0.3) is 11.8 Å². The molecule has 5 nitrogen and oxygen atoms in total. The van der Waals surface area contributed by atoms with Gasteiger partial charge in [-0.05, 0) is 68.2 Å². The number of hydrogen-bond donors (Lipinski definition) is 0. The second kappa shape index (κ2) is 10.2. The number of halogens is 1. The third kappa shape index (κ3) is 5.35. The monoisotopic (exact) mass is 468 g/mol. The molecule has 0 unspecified atom stereocenters. The van der Waals surface area contributed by atoms with Crippen molar-refractivity contribution in [2.75, 3.05) is 26.7 Å². The standard InChI is InChI=1S/C27H33ClN2O3/c1-20-25(31)29(2)19-27(14-8-7-10-21-9-3-6-13-24(21)33-20)15-17-30(18-16-27)26(32)22-11-4-5-12-23(22)28/h3-6,9,11-13,20H,7-8,10,14-19H2,1-2H3/t20-/m1/s1. The number of ether oxygens (including phenoxy) is 1. The van der Waals surface area contributed by atoms with Crippen LogP contribution in [0.25, 0.3) is 0 Å². The number of amides is 2. The summed E-state index contributed by atoms with van der Waals surface area (Å²) in [6, 6.07) is 15.3. The van der Waals surface area contributed by atoms with Crippen molar-refractivity contribution in [3.8, 4) is 5.75 Å². The van der Waals surface area contributed by atoms with Crippen LogP contribution in [0.1, 0.15) is 54.9 Å². The summed E-state index contributed by atoms with van der Waals surface area (Å²) in [6.07, 6.45) is 5.39. The van der Waals surface area contributed by atoms with Crippen molar-refractivity contribution in [2.45, 2.75) is 51.6 Å². The SMILES string of the molecule is C[C@H]1Oc2ccccc2CCCCC2(CCN(C(=O)c3ccccc3Cl)CC2)CN(C)C1=O. The van der Waals surface area contributed by atoms with Crippen LogP contribution in [-0.4, -0.2) is 54.4 Å². The molecule has 1 spiro atoms. The van der Waals surface area contributed by atoms with E-state index in [1.807, 2.05) is 54.1 Å². The highest BCUT2D eigenvalue weighted by Gasteiger charge is 2.38. The number of para-hydroxylation sites is 1. The van der Waals surface area contributed by atoms with Gasteiger partial charge in [-0.3, -0.25) is 9.59 Å². The van der Waals surface area contributed by atoms with E-state index >= 15 is 0 Å². The van der Waals surface area contributed by atoms with Crippen LogP contribution >= 0.6 is 11.6 Å². The van der Waals surface area contributed by atoms with Crippen molar-refractivity contribution in [3.63, 3.8) is 0 Å². The van der Waals surface area contributed by atoms with Gasteiger partial charge in [0, 0.05) is 26.7 Å². The molecule has 0 radical (unpaired) electrons. The Kier molecular flexibility index (Phi) is 7.28. The molecule has 1 atom stereocenters. The maximum atomic E-state index is 13.1. The van der Waals surface area contributed by atoms with Gasteiger partial charge in [-0.15, -0.1) is 0 Å². The van der Waals surface area contributed by atoms with Crippen molar-refractivity contribution < 1.29 is 14.3 Å². The topological polar surface area (TPSA) is 49.9 Å². The number of piperidine rings is 1. The van der Waals surface area contributed by atoms with Crippen molar-refractivity contribution >= 4 is 23.4 Å². The number of likely N-dealkylation sites (N-methyl/N-ethyl adjacent to an activating group) is 1. The van der Waals surface area contributed by atoms with Crippen LogP contribution in [0.4, 0.5) is 0 Å². The number of nitrogens with zero attached hydrogens (tertiary/aromatic N) is 2. The minimum absolute atomic E-state index is 0.000625. The molecule has 2 aromatic rings. The maximum Gasteiger partial charge on any atom is 0.263 e. The molecule has 0 aliphatic carbocycles. The third-order valence-electron chi connectivity index (χ3n) is 7.19. The quantitative estimate of drug-likeness (QED) is 0.577. The van der Waals surface area contributed by atoms with Crippen LogP contribution in [0.15, 0.2) is 48.5 Å². The summed E-state index contributed by atoms with van der Waals surface area (Å²) in [4.78, 5) is 29.9. The molecule has 1 saturated heterocycles. The largest absolute Gasteiger partial charge is 0.481 e. The summed E-state index contributed by atoms with van der Waals surface area (Å²) in [7, 11) is 1.88. The number of benzene rings is 2. The molecule has 176 valence electrons. The molecule has 0 saturated carbocycles. The van der Waals surface area contributed by atoms with E-state index in [0.29, 0.717) is 30.2 Å². The summed E-state index contributed by atoms with van der Waals surface area (Å²) in [5.74, 6) is 0.805. The van der Waals surface area contributed by atoms with Crippen LogP contribution in [0, 0.1) is 5.41 Å². The highest BCUT2D eigenvalue weighted by atomic mass is 35.5. The summed E-state index contributed by atoms with van der Waals surface area (Å²) < 4.78 is 6.08. The summed E-state index contributed by atoms with van der Waals surface area (Å²) in [6.45, 7) is 3.89. The zero-order valence-electron chi connectivity index (χ0n) is 19.6. The number of aryl methyl sites for hydroxylation is 1. The molecule has 0 bridgehead atoms. The second-order valence-electron chi connectivity index (χ2n) is 9.54. The van der Waals surface area contributed by atoms with E-state index in [2.05, 4.69) is 6.07 Å². The first-order valence-electron chi connectivity index (χ1n) is 11.9. The molecule has 2 aliphatic rings. The van der Waals surface area contributed by atoms with E-state index in [0.717, 1.165) is 49.8 Å². The van der Waals surface area contributed by atoms with Crippen LogP contribution in [0.2, 0.25) is 5.02 Å². The van der Waals surface area contributed by atoms with Crippen LogP contribution in [-0.2, 0) is 11.2 Å². The second-order valence-corrected chi connectivity index (χ2v) is 9.95. The average Bonchev–Trinajstić information content (AvgIpc) is 2.82. The Bertz CT molecular complexity index is 1000. The summed E-state index contributed by atoms with van der Waals surface area (Å²) in [5.41, 5.74) is 1.74. The number of likely N-dealkylation sites (tertiary alicyclic amines) is 1. The normalized spacial score (nSPS) is 21.5. The number of rotatable bonds is 1. The van der Waals surface area contributed by atoms with Crippen molar-refractivity contribution in [1.29, 1.82) is 0 Å². The van der Waals surface area contributed by atoms with E-state index < -0.39 is 6.10 Å². The zero-order valence-corrected chi connectivity index (χ0v) is 20.3. The summed E-state index contributed by atoms with van der Waals surface area (Å²) in [5, 5.41) is 0.494. The Morgan fingerprint density at radius 1 is 1.03 bits per heavy atom. The van der Waals surface area contributed by atoms with E-state index in [4.69, 9.17) is 16.3 Å². The molecule has 6 heteroatoms. The maximum absolute atomic E-state index is 13.1. The molecule has 2 heterocycles. The van der Waals surface area contributed by atoms with Crippen molar-refractivity contribution in [3.05, 3.63) is 64.7 Å². The van der Waals surface area contributed by atoms with Gasteiger partial charge in [0.1, 0.15) is 5.75 Å². The first-order valence-corrected chi connectivity index (χ1v) is 12.3. The Labute approximate surface area is 201 Å². The minimum Gasteiger partial charge on any atom is -0.481 e. The van der Waals surface area contributed by atoms with E-state index in [9.17, 15) is 9.59 Å². The number of carbonyl (C=O) groups excluding carboxylic acids is 2. The molecule has 2 amide bonds. The highest BCUT2D eigenvalue weighted by Crippen LogP contribution is 2.39. The van der Waals surface area contributed by atoms with Gasteiger partial charge in [-0.25, -0.2) is 0 Å². The number of hydrogen-bond acceptors (Lipinski definition) is 3. The number of carbonyl (C=O) groups is 2. The smallest absolute Gasteiger partial charge is 0.263 e. The first kappa shape index (κ1) is 23.6. The fraction of sp³-hybridized carbons (Fsp3) is 0.481. The van der Waals surface area contributed by atoms with E-state index in [-0.39, 0.29) is 17.2 Å². The number of fused-ring (bicyclic) bond motifs is 1. The van der Waals surface area contributed by atoms with Crippen molar-refractivity contribution in [1.82, 2.24) is 9.80 Å². The molecular weight excluding hydrogens is 436 g/mol. The molecule has 4 rings (SSSR count).